The first-order valence-electron chi connectivity index (χ1n) is 33.3. The van der Waals surface area contributed by atoms with E-state index in [-0.39, 0.29) is 31.5 Å². The molecule has 3 unspecified atom stereocenters. The van der Waals surface area contributed by atoms with E-state index in [1.165, 1.54) is 218 Å². The number of likely N-dealkylation sites (N-methyl/N-ethyl adjacent to an activating group) is 1. The van der Waals surface area contributed by atoms with Gasteiger partial charge in [-0.2, -0.15) is 0 Å². The first kappa shape index (κ1) is 75.2. The summed E-state index contributed by atoms with van der Waals surface area (Å²) in [7, 11) is 1.19. The van der Waals surface area contributed by atoms with E-state index in [0.717, 1.165) is 77.0 Å². The summed E-state index contributed by atoms with van der Waals surface area (Å²) in [5.41, 5.74) is 0. The molecular weight excluding hydrogens is 976 g/mol. The fourth-order valence-corrected chi connectivity index (χ4v) is 10.7. The van der Waals surface area contributed by atoms with Gasteiger partial charge in [0.2, 0.25) is 5.91 Å². The molecule has 77 heavy (non-hydrogen) atoms. The largest absolute Gasteiger partial charge is 0.756 e. The minimum absolute atomic E-state index is 0.0220. The number of phosphoric ester groups is 1. The van der Waals surface area contributed by atoms with Gasteiger partial charge in [-0.3, -0.25) is 14.2 Å². The lowest BCUT2D eigenvalue weighted by Gasteiger charge is -2.30. The van der Waals surface area contributed by atoms with E-state index < -0.39 is 20.0 Å². The first-order chi connectivity index (χ1) is 37.4. The minimum atomic E-state index is -4.70. The Balaban J connectivity index is 5.02. The van der Waals surface area contributed by atoms with Crippen molar-refractivity contribution in [1.29, 1.82) is 0 Å². The maximum Gasteiger partial charge on any atom is 0.306 e. The molecule has 0 aromatic carbocycles. The monoisotopic (exact) mass is 1100 g/mol. The molecule has 9 nitrogen and oxygen atoms in total. The molecule has 0 saturated carbocycles. The van der Waals surface area contributed by atoms with Crippen molar-refractivity contribution < 1.29 is 37.3 Å². The maximum atomic E-state index is 13.6. The van der Waals surface area contributed by atoms with E-state index >= 15 is 0 Å². The number of hydrogen-bond acceptors (Lipinski definition) is 7. The van der Waals surface area contributed by atoms with E-state index in [2.05, 4.69) is 50.4 Å². The fraction of sp³-hybridized carbons (Fsp3) is 0.881. The molecule has 0 aromatic rings. The van der Waals surface area contributed by atoms with Gasteiger partial charge in [-0.1, -0.05) is 295 Å². The zero-order valence-corrected chi connectivity index (χ0v) is 52.8. The van der Waals surface area contributed by atoms with Crippen molar-refractivity contribution >= 4 is 19.7 Å². The topological polar surface area (TPSA) is 114 Å². The lowest BCUT2D eigenvalue weighted by Crippen LogP contribution is -2.47. The van der Waals surface area contributed by atoms with Crippen molar-refractivity contribution in [2.75, 3.05) is 40.9 Å². The average molecular weight is 1110 g/mol. The molecule has 0 aliphatic carbocycles. The summed E-state index contributed by atoms with van der Waals surface area (Å²) >= 11 is 0. The number of rotatable bonds is 61. The standard InChI is InChI=1S/C67H129N2O7P/c1-7-10-13-16-19-22-25-27-29-30-31-32-33-34-35-36-37-38-40-41-44-47-50-53-56-59-66(70)68-64(63-75-77(72,73)74-62-61-69(4,5)6)65(58-55-52-49-46-43-24-21-18-15-12-9-3)76-67(71)60-57-54-51-48-45-42-39-28-26-23-20-17-14-11-8-2/h20,23,26,28,55,58,64-65H,7-19,21-22,24-25,27,29-54,56-57,59-63H2,1-6H3,(H-,68,70,72,73)/b23-20+,28-26+,58-55-. The Kier molecular flexibility index (Phi) is 56.1. The van der Waals surface area contributed by atoms with Gasteiger partial charge in [0, 0.05) is 12.8 Å². The molecule has 0 spiro atoms. The third-order valence-corrected chi connectivity index (χ3v) is 16.1. The van der Waals surface area contributed by atoms with Gasteiger partial charge < -0.3 is 28.5 Å². The maximum absolute atomic E-state index is 13.6. The molecule has 0 heterocycles. The van der Waals surface area contributed by atoms with E-state index in [9.17, 15) is 19.0 Å². The molecule has 1 amide bonds. The van der Waals surface area contributed by atoms with Gasteiger partial charge in [-0.05, 0) is 57.4 Å². The number of hydrogen-bond donors (Lipinski definition) is 1. The van der Waals surface area contributed by atoms with Gasteiger partial charge in [0.05, 0.1) is 33.8 Å². The van der Waals surface area contributed by atoms with Crippen LogP contribution in [-0.2, 0) is 27.9 Å². The molecule has 0 aliphatic rings. The van der Waals surface area contributed by atoms with Crippen LogP contribution in [0.3, 0.4) is 0 Å². The average Bonchev–Trinajstić information content (AvgIpc) is 3.39. The Hall–Kier alpha value is -1.77. The quantitative estimate of drug-likeness (QED) is 0.0161. The van der Waals surface area contributed by atoms with Crippen LogP contribution in [0.1, 0.15) is 329 Å². The van der Waals surface area contributed by atoms with Crippen LogP contribution >= 0.6 is 7.82 Å². The van der Waals surface area contributed by atoms with Crippen LogP contribution in [0.2, 0.25) is 0 Å². The van der Waals surface area contributed by atoms with Crippen LogP contribution in [0.15, 0.2) is 36.5 Å². The van der Waals surface area contributed by atoms with Crippen LogP contribution < -0.4 is 10.2 Å². The molecule has 10 heteroatoms. The predicted molar refractivity (Wildman–Crippen MR) is 330 cm³/mol. The smallest absolute Gasteiger partial charge is 0.306 e. The van der Waals surface area contributed by atoms with Crippen LogP contribution in [0.4, 0.5) is 0 Å². The van der Waals surface area contributed by atoms with E-state index in [1.807, 2.05) is 33.3 Å². The fourth-order valence-electron chi connectivity index (χ4n) is 9.93. The Morgan fingerprint density at radius 3 is 1.17 bits per heavy atom. The number of unbranched alkanes of at least 4 members (excludes halogenated alkanes) is 42. The molecule has 0 rings (SSSR count). The molecule has 0 aliphatic heterocycles. The SMILES string of the molecule is CCCCC/C=C/C=C/CCCCCCCCC(=O)OC(/C=C\CCCCCCCCCCC)C(COP(=O)([O-])OCC[N+](C)(C)C)NC(=O)CCCCCCCCCCCCCCCCCCCCCCCCCCC. The first-order valence-corrected chi connectivity index (χ1v) is 34.8. The van der Waals surface area contributed by atoms with E-state index in [1.54, 1.807) is 0 Å². The predicted octanol–water partition coefficient (Wildman–Crippen LogP) is 20.0. The van der Waals surface area contributed by atoms with Gasteiger partial charge in [0.1, 0.15) is 19.3 Å². The second-order valence-electron chi connectivity index (χ2n) is 24.0. The van der Waals surface area contributed by atoms with Gasteiger partial charge in [-0.25, -0.2) is 0 Å². The summed E-state index contributed by atoms with van der Waals surface area (Å²) in [5, 5.41) is 3.04. The highest BCUT2D eigenvalue weighted by atomic mass is 31.2. The number of allylic oxidation sites excluding steroid dienone is 5. The minimum Gasteiger partial charge on any atom is -0.756 e. The van der Waals surface area contributed by atoms with Crippen molar-refractivity contribution in [2.24, 2.45) is 0 Å². The van der Waals surface area contributed by atoms with E-state index in [0.29, 0.717) is 17.4 Å². The highest BCUT2D eigenvalue weighted by molar-refractivity contribution is 7.45. The van der Waals surface area contributed by atoms with E-state index in [4.69, 9.17) is 13.8 Å². The molecule has 0 bridgehead atoms. The van der Waals surface area contributed by atoms with Crippen molar-refractivity contribution in [3.05, 3.63) is 36.5 Å². The zero-order chi connectivity index (χ0) is 56.4. The Morgan fingerprint density at radius 2 is 0.779 bits per heavy atom. The number of nitrogens with one attached hydrogen (secondary N) is 1. The molecule has 454 valence electrons. The number of quaternary nitrogens is 1. The molecule has 3 atom stereocenters. The second-order valence-corrected chi connectivity index (χ2v) is 25.4. The Morgan fingerprint density at radius 1 is 0.455 bits per heavy atom. The number of ether oxygens (including phenoxy) is 1. The van der Waals surface area contributed by atoms with Crippen LogP contribution in [0.25, 0.3) is 0 Å². The number of esters is 1. The summed E-state index contributed by atoms with van der Waals surface area (Å²) in [6, 6.07) is -0.889. The summed E-state index contributed by atoms with van der Waals surface area (Å²) in [6.07, 6.45) is 69.8. The lowest BCUT2D eigenvalue weighted by molar-refractivity contribution is -0.870. The summed E-state index contributed by atoms with van der Waals surface area (Å²) in [6.45, 7) is 6.84. The summed E-state index contributed by atoms with van der Waals surface area (Å²) in [4.78, 5) is 40.0. The number of nitrogens with zero attached hydrogens (tertiary/aromatic N) is 1. The van der Waals surface area contributed by atoms with Crippen LogP contribution in [-0.4, -0.2) is 69.4 Å². The number of carbonyl (C=O) groups is 2. The van der Waals surface area contributed by atoms with Crippen molar-refractivity contribution in [1.82, 2.24) is 5.32 Å². The van der Waals surface area contributed by atoms with Gasteiger partial charge >= 0.3 is 5.97 Å². The third kappa shape index (κ3) is 58.7. The summed E-state index contributed by atoms with van der Waals surface area (Å²) < 4.78 is 30.3. The highest BCUT2D eigenvalue weighted by Gasteiger charge is 2.27. The molecule has 0 saturated heterocycles. The number of phosphoric acid groups is 1. The van der Waals surface area contributed by atoms with Crippen LogP contribution in [0.5, 0.6) is 0 Å². The number of amides is 1. The third-order valence-electron chi connectivity index (χ3n) is 15.1. The summed E-state index contributed by atoms with van der Waals surface area (Å²) in [5.74, 6) is -0.540. The van der Waals surface area contributed by atoms with Gasteiger partial charge in [0.25, 0.3) is 7.82 Å². The Bertz CT molecular complexity index is 1410. The van der Waals surface area contributed by atoms with Crippen molar-refractivity contribution in [3.63, 3.8) is 0 Å². The van der Waals surface area contributed by atoms with Gasteiger partial charge in [-0.15, -0.1) is 0 Å². The van der Waals surface area contributed by atoms with Crippen molar-refractivity contribution in [3.8, 4) is 0 Å². The second kappa shape index (κ2) is 57.5. The lowest BCUT2D eigenvalue weighted by atomic mass is 10.0. The van der Waals surface area contributed by atoms with Crippen LogP contribution in [0, 0.1) is 0 Å². The molecule has 0 aromatic heterocycles. The highest BCUT2D eigenvalue weighted by Crippen LogP contribution is 2.38. The zero-order valence-electron chi connectivity index (χ0n) is 51.9. The molecule has 0 fully saturated rings. The van der Waals surface area contributed by atoms with Crippen molar-refractivity contribution in [2.45, 2.75) is 341 Å². The number of carbonyl (C=O) groups excluding carboxylic acids is 2. The van der Waals surface area contributed by atoms with Gasteiger partial charge in [0.15, 0.2) is 0 Å². The molecule has 0 radical (unpaired) electrons. The normalized spacial score (nSPS) is 13.8. The molecular formula is C67H129N2O7P. The Labute approximate surface area is 478 Å². The molecule has 1 N–H and O–H groups in total.